The summed E-state index contributed by atoms with van der Waals surface area (Å²) in [6.45, 7) is 4.02. The van der Waals surface area contributed by atoms with Crippen molar-refractivity contribution in [2.75, 3.05) is 13.2 Å². The van der Waals surface area contributed by atoms with Crippen molar-refractivity contribution in [1.29, 1.82) is 0 Å². The summed E-state index contributed by atoms with van der Waals surface area (Å²) >= 11 is 6.84. The molecule has 1 atom stereocenters. The van der Waals surface area contributed by atoms with Gasteiger partial charge in [-0.3, -0.25) is 4.79 Å². The maximum Gasteiger partial charge on any atom is 1.00 e. The molecule has 14 heteroatoms. The molecule has 0 bridgehead atoms. The monoisotopic (exact) mass is 749 g/mol. The molecule has 0 fully saturated rings. The number of carbonyl (C=O) groups excluding carboxylic acids is 3. The van der Waals surface area contributed by atoms with Crippen molar-refractivity contribution in [1.82, 2.24) is 19.6 Å². The number of aromatic nitrogens is 4. The van der Waals surface area contributed by atoms with Gasteiger partial charge in [0.05, 0.1) is 47.6 Å². The topological polar surface area (TPSA) is 126 Å². The van der Waals surface area contributed by atoms with Crippen LogP contribution in [0.5, 0.6) is 0 Å². The summed E-state index contributed by atoms with van der Waals surface area (Å²) in [7, 11) is 0. The molecular formula is C31H33BBr2N4NaO6. The third-order valence-electron chi connectivity index (χ3n) is 6.90. The van der Waals surface area contributed by atoms with Gasteiger partial charge in [0.25, 0.3) is 0 Å². The molecular weight excluding hydrogens is 718 g/mol. The van der Waals surface area contributed by atoms with Crippen molar-refractivity contribution in [2.24, 2.45) is 0 Å². The standard InChI is InChI=1S/C15H15BrN2O3.C15H13BrN2O3.CH4.B.Na.H/c2*1-2-21-15(20)14-13-11(6-7-12(13)19)18(17-14)10-5-3-4-9(16)8-10;;;;/h3-5,8,12,19H,2,6-7H2,1H3;3-5,8H,2,6-7H2,1H3;1H4;;;/q;;;;+1;-1. The molecule has 231 valence electrons. The van der Waals surface area contributed by atoms with Gasteiger partial charge in [0.1, 0.15) is 0 Å². The van der Waals surface area contributed by atoms with Crippen LogP contribution in [0.2, 0.25) is 0 Å². The van der Waals surface area contributed by atoms with E-state index in [1.54, 1.807) is 23.2 Å². The van der Waals surface area contributed by atoms with E-state index in [0.29, 0.717) is 36.8 Å². The summed E-state index contributed by atoms with van der Waals surface area (Å²) in [6.07, 6.45) is 1.64. The van der Waals surface area contributed by atoms with Crippen molar-refractivity contribution in [3.05, 3.63) is 91.4 Å². The predicted octanol–water partition coefficient (Wildman–Crippen LogP) is 3.10. The van der Waals surface area contributed by atoms with E-state index < -0.39 is 18.0 Å². The van der Waals surface area contributed by atoms with Crippen LogP contribution in [0, 0.1) is 0 Å². The largest absolute Gasteiger partial charge is 1.00 e. The van der Waals surface area contributed by atoms with Gasteiger partial charge >= 0.3 is 41.5 Å². The van der Waals surface area contributed by atoms with Gasteiger partial charge in [-0.05, 0) is 69.5 Å². The minimum atomic E-state index is -0.652. The average Bonchev–Trinajstić information content (AvgIpc) is 3.72. The maximum absolute atomic E-state index is 12.0. The third-order valence-corrected chi connectivity index (χ3v) is 7.89. The Balaban J connectivity index is 0.000000423. The van der Waals surface area contributed by atoms with Crippen LogP contribution in [0.15, 0.2) is 57.5 Å². The number of esters is 2. The fraction of sp³-hybridized carbons (Fsp3) is 0.323. The number of carbonyl (C=O) groups is 3. The third kappa shape index (κ3) is 8.06. The van der Waals surface area contributed by atoms with Crippen LogP contribution in [0.4, 0.5) is 0 Å². The van der Waals surface area contributed by atoms with E-state index in [0.717, 1.165) is 31.7 Å². The summed E-state index contributed by atoms with van der Waals surface area (Å²) in [4.78, 5) is 36.1. The number of rotatable bonds is 6. The van der Waals surface area contributed by atoms with Gasteiger partial charge in [0.2, 0.25) is 0 Å². The number of hydrogen-bond donors (Lipinski definition) is 1. The molecule has 2 aliphatic carbocycles. The summed E-state index contributed by atoms with van der Waals surface area (Å²) in [6, 6.07) is 15.2. The molecule has 1 unspecified atom stereocenters. The Labute approximate surface area is 304 Å². The first-order valence-electron chi connectivity index (χ1n) is 13.5. The van der Waals surface area contributed by atoms with Crippen molar-refractivity contribution in [2.45, 2.75) is 53.1 Å². The number of fused-ring (bicyclic) bond motifs is 2. The molecule has 2 aliphatic rings. The average molecular weight is 751 g/mol. The quantitative estimate of drug-likeness (QED) is 0.236. The SMILES string of the molecule is C.CCOC(=O)c1nn(-c2cccc(Br)c2)c2c1C(=O)CC2.CCOC(=O)c1nn(-c2cccc(Br)c2)c2c1C(O)CC2.[B].[H-].[Na+]. The summed E-state index contributed by atoms with van der Waals surface area (Å²) in [5.74, 6) is -1.07. The molecule has 0 aliphatic heterocycles. The second kappa shape index (κ2) is 16.8. The Hall–Kier alpha value is -2.55. The van der Waals surface area contributed by atoms with Crippen LogP contribution < -0.4 is 29.6 Å². The van der Waals surface area contributed by atoms with Gasteiger partial charge in [-0.15, -0.1) is 0 Å². The molecule has 0 saturated carbocycles. The van der Waals surface area contributed by atoms with Crippen molar-refractivity contribution >= 4 is 58.0 Å². The number of Topliss-reactive ketones (excluding diaryl/α,β-unsaturated/α-hetero) is 1. The summed E-state index contributed by atoms with van der Waals surface area (Å²) in [5, 5.41) is 18.8. The number of halogens is 2. The van der Waals surface area contributed by atoms with Gasteiger partial charge in [-0.1, -0.05) is 51.4 Å². The number of ketones is 1. The Morgan fingerprint density at radius 2 is 1.40 bits per heavy atom. The number of hydrogen-bond acceptors (Lipinski definition) is 8. The molecule has 6 rings (SSSR count). The first kappa shape index (κ1) is 38.6. The number of nitrogens with zero attached hydrogens (tertiary/aromatic N) is 4. The molecule has 10 nitrogen and oxygen atoms in total. The smallest absolute Gasteiger partial charge is 1.00 e. The van der Waals surface area contributed by atoms with Crippen LogP contribution >= 0.6 is 31.9 Å². The molecule has 0 saturated heterocycles. The zero-order chi connectivity index (χ0) is 30.0. The molecule has 2 aromatic heterocycles. The molecule has 2 aromatic carbocycles. The molecule has 3 radical (unpaired) electrons. The Morgan fingerprint density at radius 1 is 0.889 bits per heavy atom. The van der Waals surface area contributed by atoms with E-state index >= 15 is 0 Å². The van der Waals surface area contributed by atoms with Gasteiger partial charge in [0, 0.05) is 29.3 Å². The van der Waals surface area contributed by atoms with Gasteiger partial charge in [-0.2, -0.15) is 10.2 Å². The number of benzene rings is 2. The predicted molar refractivity (Wildman–Crippen MR) is 174 cm³/mol. The minimum Gasteiger partial charge on any atom is -1.00 e. The number of aliphatic hydroxyl groups excluding tert-OH is 1. The second-order valence-electron chi connectivity index (χ2n) is 9.58. The van der Waals surface area contributed by atoms with E-state index in [1.807, 2.05) is 48.5 Å². The fourth-order valence-electron chi connectivity index (χ4n) is 5.14. The molecule has 2 heterocycles. The van der Waals surface area contributed by atoms with Crippen molar-refractivity contribution in [3.63, 3.8) is 0 Å². The Morgan fingerprint density at radius 3 is 1.93 bits per heavy atom. The van der Waals surface area contributed by atoms with Gasteiger partial charge < -0.3 is 16.0 Å². The second-order valence-corrected chi connectivity index (χ2v) is 11.4. The van der Waals surface area contributed by atoms with E-state index in [-0.39, 0.29) is 77.2 Å². The van der Waals surface area contributed by atoms with Crippen LogP contribution in [0.25, 0.3) is 11.4 Å². The first-order valence-corrected chi connectivity index (χ1v) is 15.1. The normalized spacial score (nSPS) is 14.1. The first-order chi connectivity index (χ1) is 20.2. The molecule has 0 amide bonds. The molecule has 0 spiro atoms. The molecule has 4 aromatic rings. The number of aliphatic hydroxyl groups is 1. The van der Waals surface area contributed by atoms with Crippen molar-refractivity contribution < 1.29 is 59.9 Å². The zero-order valence-corrected chi connectivity index (χ0v) is 29.7. The van der Waals surface area contributed by atoms with E-state index in [2.05, 4.69) is 42.1 Å². The molecule has 1 N–H and O–H groups in total. The minimum absolute atomic E-state index is 0. The maximum atomic E-state index is 12.0. The van der Waals surface area contributed by atoms with E-state index in [4.69, 9.17) is 9.47 Å². The van der Waals surface area contributed by atoms with Crippen LogP contribution in [-0.2, 0) is 22.3 Å². The Bertz CT molecular complexity index is 1700. The number of ether oxygens (including phenoxy) is 2. The summed E-state index contributed by atoms with van der Waals surface area (Å²) < 4.78 is 15.3. The van der Waals surface area contributed by atoms with Crippen LogP contribution in [0.3, 0.4) is 0 Å². The van der Waals surface area contributed by atoms with Gasteiger partial charge in [0.15, 0.2) is 17.2 Å². The fourth-order valence-corrected chi connectivity index (χ4v) is 5.92. The Kier molecular flexibility index (Phi) is 14.5. The zero-order valence-electron chi connectivity index (χ0n) is 25.5. The summed E-state index contributed by atoms with van der Waals surface area (Å²) in [5.41, 5.74) is 4.67. The van der Waals surface area contributed by atoms with E-state index in [1.165, 1.54) is 0 Å². The van der Waals surface area contributed by atoms with Gasteiger partial charge in [-0.25, -0.2) is 19.0 Å². The van der Waals surface area contributed by atoms with Crippen LogP contribution in [-0.4, -0.2) is 64.0 Å². The van der Waals surface area contributed by atoms with E-state index in [9.17, 15) is 19.5 Å². The van der Waals surface area contributed by atoms with Crippen LogP contribution in [0.1, 0.15) is 89.9 Å². The molecule has 45 heavy (non-hydrogen) atoms. The van der Waals surface area contributed by atoms with Crippen molar-refractivity contribution in [3.8, 4) is 11.4 Å².